The Morgan fingerprint density at radius 2 is 2.22 bits per heavy atom. The van der Waals surface area contributed by atoms with Gasteiger partial charge in [-0.15, -0.1) is 0 Å². The van der Waals surface area contributed by atoms with Gasteiger partial charge in [0.1, 0.15) is 0 Å². The number of aliphatic hydroxyl groups is 1. The Kier molecular flexibility index (Phi) is 5.29. The van der Waals surface area contributed by atoms with Crippen molar-refractivity contribution in [3.8, 4) is 0 Å². The van der Waals surface area contributed by atoms with Crippen LogP contribution in [0.2, 0.25) is 0 Å². The molecule has 2 aliphatic rings. The second-order valence-corrected chi connectivity index (χ2v) is 8.00. The first-order valence-corrected chi connectivity index (χ1v) is 9.54. The lowest BCUT2D eigenvalue weighted by Crippen LogP contribution is -2.49. The number of benzene rings is 1. The number of carbonyl (C=O) groups is 1. The molecule has 0 spiro atoms. The topological polar surface area (TPSA) is 43.8 Å². The molecule has 2 atom stereocenters. The molecule has 23 heavy (non-hydrogen) atoms. The summed E-state index contributed by atoms with van der Waals surface area (Å²) in [5.41, 5.74) is 0.219. The summed E-state index contributed by atoms with van der Waals surface area (Å²) in [6, 6.07) is 10.5. The van der Waals surface area contributed by atoms with E-state index in [1.165, 1.54) is 5.56 Å². The van der Waals surface area contributed by atoms with Crippen LogP contribution < -0.4 is 0 Å². The molecule has 1 amide bonds. The minimum Gasteiger partial charge on any atom is -0.379 e. The molecular formula is C18H26N2O2S. The normalized spacial score (nSPS) is 28.2. The van der Waals surface area contributed by atoms with Gasteiger partial charge in [0.05, 0.1) is 0 Å². The number of likely N-dealkylation sites (N-methyl/N-ethyl adjacent to an activating group) is 1. The second-order valence-electron chi connectivity index (χ2n) is 6.90. The highest BCUT2D eigenvalue weighted by atomic mass is 32.2. The molecule has 2 unspecified atom stereocenters. The molecule has 0 saturated carbocycles. The van der Waals surface area contributed by atoms with Gasteiger partial charge < -0.3 is 10.0 Å². The predicted molar refractivity (Wildman–Crippen MR) is 94.4 cm³/mol. The lowest BCUT2D eigenvalue weighted by atomic mass is 10.0. The number of hydrogen-bond donors (Lipinski definition) is 1. The van der Waals surface area contributed by atoms with E-state index in [4.69, 9.17) is 0 Å². The molecule has 2 saturated heterocycles. The van der Waals surface area contributed by atoms with Crippen LogP contribution in [-0.4, -0.2) is 64.6 Å². The van der Waals surface area contributed by atoms with Crippen LogP contribution in [-0.2, 0) is 11.3 Å². The predicted octanol–water partition coefficient (Wildman–Crippen LogP) is 1.83. The first kappa shape index (κ1) is 16.8. The number of likely N-dealkylation sites (tertiary alicyclic amines) is 1. The van der Waals surface area contributed by atoms with Crippen LogP contribution in [0.1, 0.15) is 18.4 Å². The molecule has 1 aromatic carbocycles. The highest BCUT2D eigenvalue weighted by molar-refractivity contribution is 7.99. The van der Waals surface area contributed by atoms with Crippen LogP contribution >= 0.6 is 11.8 Å². The number of carbonyl (C=O) groups excluding carboxylic acids is 1. The first-order valence-electron chi connectivity index (χ1n) is 8.39. The summed E-state index contributed by atoms with van der Waals surface area (Å²) >= 11 is 1.67. The maximum Gasteiger partial charge on any atom is 0.255 e. The molecular weight excluding hydrogens is 308 g/mol. The highest BCUT2D eigenvalue weighted by Crippen LogP contribution is 2.30. The van der Waals surface area contributed by atoms with Crippen molar-refractivity contribution < 1.29 is 9.90 Å². The zero-order valence-corrected chi connectivity index (χ0v) is 14.6. The zero-order valence-electron chi connectivity index (χ0n) is 13.8. The molecule has 4 nitrogen and oxygen atoms in total. The van der Waals surface area contributed by atoms with Gasteiger partial charge >= 0.3 is 0 Å². The summed E-state index contributed by atoms with van der Waals surface area (Å²) < 4.78 is 0. The third kappa shape index (κ3) is 4.08. The first-order chi connectivity index (χ1) is 11.1. The second kappa shape index (κ2) is 7.24. The fourth-order valence-electron chi connectivity index (χ4n) is 3.60. The molecule has 2 fully saturated rings. The Labute approximate surface area is 142 Å². The Hall–Kier alpha value is -1.04. The van der Waals surface area contributed by atoms with Crippen molar-refractivity contribution in [3.63, 3.8) is 0 Å². The average Bonchev–Trinajstić information content (AvgIpc) is 3.18. The molecule has 1 aromatic rings. The molecule has 0 aromatic heterocycles. The van der Waals surface area contributed by atoms with Gasteiger partial charge in [0.25, 0.3) is 5.91 Å². The van der Waals surface area contributed by atoms with E-state index >= 15 is 0 Å². The van der Waals surface area contributed by atoms with Crippen molar-refractivity contribution >= 4 is 17.7 Å². The monoisotopic (exact) mass is 334 g/mol. The Bertz CT molecular complexity index is 531. The fraction of sp³-hybridized carbons (Fsp3) is 0.611. The van der Waals surface area contributed by atoms with Gasteiger partial charge in [-0.2, -0.15) is 11.8 Å². The summed E-state index contributed by atoms with van der Waals surface area (Å²) in [5.74, 6) is 1.83. The van der Waals surface area contributed by atoms with Crippen LogP contribution in [0, 0.1) is 5.92 Å². The van der Waals surface area contributed by atoms with E-state index in [1.54, 1.807) is 16.7 Å². The van der Waals surface area contributed by atoms with Gasteiger partial charge in [-0.25, -0.2) is 0 Å². The Morgan fingerprint density at radius 3 is 2.91 bits per heavy atom. The summed E-state index contributed by atoms with van der Waals surface area (Å²) in [6.45, 7) is 3.84. The third-order valence-electron chi connectivity index (χ3n) is 4.90. The summed E-state index contributed by atoms with van der Waals surface area (Å²) in [4.78, 5) is 16.7. The smallest absolute Gasteiger partial charge is 0.255 e. The van der Waals surface area contributed by atoms with Crippen LogP contribution in [0.3, 0.4) is 0 Å². The van der Waals surface area contributed by atoms with Gasteiger partial charge in [-0.3, -0.25) is 9.69 Å². The van der Waals surface area contributed by atoms with Crippen molar-refractivity contribution in [3.05, 3.63) is 35.9 Å². The van der Waals surface area contributed by atoms with Gasteiger partial charge in [0, 0.05) is 32.4 Å². The molecule has 0 radical (unpaired) electrons. The van der Waals surface area contributed by atoms with E-state index in [1.807, 2.05) is 13.1 Å². The van der Waals surface area contributed by atoms with Gasteiger partial charge in [0.15, 0.2) is 5.60 Å². The number of hydrogen-bond acceptors (Lipinski definition) is 4. The number of thioether (sulfide) groups is 1. The van der Waals surface area contributed by atoms with E-state index in [9.17, 15) is 9.90 Å². The molecule has 5 heteroatoms. The van der Waals surface area contributed by atoms with Crippen LogP contribution in [0.4, 0.5) is 0 Å². The standard InChI is InChI=1S/C18H26N2O2S/c1-19(17(21)18(22)8-10-23-14-18)11-16-7-9-20(13-16)12-15-5-3-2-4-6-15/h2-6,16,22H,7-14H2,1H3. The van der Waals surface area contributed by atoms with E-state index in [0.29, 0.717) is 18.1 Å². The highest BCUT2D eigenvalue weighted by Gasteiger charge is 2.41. The van der Waals surface area contributed by atoms with E-state index in [0.717, 1.165) is 38.4 Å². The van der Waals surface area contributed by atoms with Crippen molar-refractivity contribution in [1.29, 1.82) is 0 Å². The molecule has 0 bridgehead atoms. The SMILES string of the molecule is CN(CC1CCN(Cc2ccccc2)C1)C(=O)C1(O)CCSC1. The minimum atomic E-state index is -1.12. The van der Waals surface area contributed by atoms with E-state index < -0.39 is 5.60 Å². The Morgan fingerprint density at radius 1 is 1.43 bits per heavy atom. The van der Waals surface area contributed by atoms with Gasteiger partial charge in [-0.1, -0.05) is 30.3 Å². The summed E-state index contributed by atoms with van der Waals surface area (Å²) in [5, 5.41) is 10.4. The van der Waals surface area contributed by atoms with Crippen molar-refractivity contribution in [2.75, 3.05) is 38.2 Å². The average molecular weight is 334 g/mol. The quantitative estimate of drug-likeness (QED) is 0.892. The van der Waals surface area contributed by atoms with Crippen LogP contribution in [0.25, 0.3) is 0 Å². The minimum absolute atomic E-state index is 0.0935. The fourth-order valence-corrected chi connectivity index (χ4v) is 4.83. The van der Waals surface area contributed by atoms with Crippen molar-refractivity contribution in [2.45, 2.75) is 25.0 Å². The summed E-state index contributed by atoms with van der Waals surface area (Å²) in [7, 11) is 1.84. The molecule has 3 rings (SSSR count). The van der Waals surface area contributed by atoms with Crippen molar-refractivity contribution in [2.24, 2.45) is 5.92 Å². The lowest BCUT2D eigenvalue weighted by Gasteiger charge is -2.29. The number of amides is 1. The van der Waals surface area contributed by atoms with E-state index in [-0.39, 0.29) is 5.91 Å². The number of nitrogens with zero attached hydrogens (tertiary/aromatic N) is 2. The largest absolute Gasteiger partial charge is 0.379 e. The molecule has 1 N–H and O–H groups in total. The molecule has 0 aliphatic carbocycles. The molecule has 2 aliphatic heterocycles. The lowest BCUT2D eigenvalue weighted by molar-refractivity contribution is -0.147. The van der Waals surface area contributed by atoms with Crippen molar-refractivity contribution in [1.82, 2.24) is 9.80 Å². The zero-order chi connectivity index (χ0) is 16.3. The molecule has 2 heterocycles. The number of rotatable bonds is 5. The summed E-state index contributed by atoms with van der Waals surface area (Å²) in [6.07, 6.45) is 1.71. The maximum absolute atomic E-state index is 12.5. The van der Waals surface area contributed by atoms with Crippen LogP contribution in [0.15, 0.2) is 30.3 Å². The van der Waals surface area contributed by atoms with Gasteiger partial charge in [0.2, 0.25) is 0 Å². The van der Waals surface area contributed by atoms with Crippen LogP contribution in [0.5, 0.6) is 0 Å². The maximum atomic E-state index is 12.5. The molecule has 126 valence electrons. The Balaban J connectivity index is 1.48. The van der Waals surface area contributed by atoms with Gasteiger partial charge in [-0.05, 0) is 36.6 Å². The third-order valence-corrected chi connectivity index (χ3v) is 6.07. The van der Waals surface area contributed by atoms with E-state index in [2.05, 4.69) is 29.2 Å².